The molecule has 1 aliphatic rings. The molecule has 0 spiro atoms. The Balaban J connectivity index is 1.93. The Labute approximate surface area is 129 Å². The highest BCUT2D eigenvalue weighted by molar-refractivity contribution is 5.79. The third-order valence-electron chi connectivity index (χ3n) is 4.25. The van der Waals surface area contributed by atoms with E-state index in [1.807, 2.05) is 54.6 Å². The fourth-order valence-electron chi connectivity index (χ4n) is 3.15. The molecule has 0 bridgehead atoms. The molecule has 0 radical (unpaired) electrons. The lowest BCUT2D eigenvalue weighted by molar-refractivity contribution is -0.165. The number of carbonyl (C=O) groups is 1. The molecular weight excluding hydrogens is 278 g/mol. The highest BCUT2D eigenvalue weighted by Gasteiger charge is 2.41. The number of hydrogen-bond acceptors (Lipinski definition) is 3. The number of rotatable bonds is 4. The van der Waals surface area contributed by atoms with Crippen molar-refractivity contribution in [2.24, 2.45) is 0 Å². The van der Waals surface area contributed by atoms with Crippen molar-refractivity contribution in [1.82, 2.24) is 5.06 Å². The van der Waals surface area contributed by atoms with Gasteiger partial charge in [-0.2, -0.15) is 0 Å². The van der Waals surface area contributed by atoms with Crippen LogP contribution in [-0.2, 0) is 11.2 Å². The average molecular weight is 297 g/mol. The SMILES string of the molecule is COc1ccccc1[C@@H]1CC(=O)N(O)[C@H]1Cc1ccccc1. The standard InChI is InChI=1S/C18H19NO3/c1-22-17-10-6-5-9-14(17)15-12-18(20)19(21)16(15)11-13-7-3-2-4-8-13/h2-10,15-16,21H,11-12H2,1H3/t15-,16-/m0/s1. The average Bonchev–Trinajstić information content (AvgIpc) is 2.84. The Hall–Kier alpha value is -2.33. The van der Waals surface area contributed by atoms with Crippen LogP contribution in [0.4, 0.5) is 0 Å². The lowest BCUT2D eigenvalue weighted by Crippen LogP contribution is -2.33. The molecule has 4 heteroatoms. The van der Waals surface area contributed by atoms with Crippen molar-refractivity contribution in [3.8, 4) is 5.75 Å². The van der Waals surface area contributed by atoms with Crippen LogP contribution in [0.15, 0.2) is 54.6 Å². The molecule has 1 aliphatic heterocycles. The monoisotopic (exact) mass is 297 g/mol. The van der Waals surface area contributed by atoms with Crippen LogP contribution in [0.5, 0.6) is 5.75 Å². The molecule has 1 heterocycles. The van der Waals surface area contributed by atoms with Gasteiger partial charge in [0, 0.05) is 12.3 Å². The first-order valence-electron chi connectivity index (χ1n) is 7.38. The van der Waals surface area contributed by atoms with E-state index in [0.29, 0.717) is 12.8 Å². The van der Waals surface area contributed by atoms with Crippen LogP contribution < -0.4 is 4.74 Å². The second-order valence-corrected chi connectivity index (χ2v) is 5.55. The Morgan fingerprint density at radius 3 is 2.55 bits per heavy atom. The van der Waals surface area contributed by atoms with Gasteiger partial charge in [-0.1, -0.05) is 48.5 Å². The maximum atomic E-state index is 12.0. The van der Waals surface area contributed by atoms with E-state index in [9.17, 15) is 10.0 Å². The highest BCUT2D eigenvalue weighted by atomic mass is 16.5. The Kier molecular flexibility index (Phi) is 4.11. The summed E-state index contributed by atoms with van der Waals surface area (Å²) in [5.41, 5.74) is 2.07. The van der Waals surface area contributed by atoms with Crippen molar-refractivity contribution in [3.63, 3.8) is 0 Å². The molecule has 0 aromatic heterocycles. The molecular formula is C18H19NO3. The number of hydroxylamine groups is 2. The van der Waals surface area contributed by atoms with Crippen molar-refractivity contribution in [1.29, 1.82) is 0 Å². The number of ether oxygens (including phenoxy) is 1. The Morgan fingerprint density at radius 1 is 1.14 bits per heavy atom. The summed E-state index contributed by atoms with van der Waals surface area (Å²) in [6, 6.07) is 17.3. The number of carbonyl (C=O) groups excluding carboxylic acids is 1. The number of nitrogens with zero attached hydrogens (tertiary/aromatic N) is 1. The predicted octanol–water partition coefficient (Wildman–Crippen LogP) is 3.01. The van der Waals surface area contributed by atoms with Crippen LogP contribution >= 0.6 is 0 Å². The van der Waals surface area contributed by atoms with Gasteiger partial charge in [-0.25, -0.2) is 5.06 Å². The van der Waals surface area contributed by atoms with Crippen LogP contribution in [-0.4, -0.2) is 29.3 Å². The van der Waals surface area contributed by atoms with E-state index in [1.165, 1.54) is 0 Å². The molecule has 0 unspecified atom stereocenters. The number of hydrogen-bond donors (Lipinski definition) is 1. The van der Waals surface area contributed by atoms with Gasteiger partial charge in [0.2, 0.25) is 5.91 Å². The molecule has 0 aliphatic carbocycles. The Bertz CT molecular complexity index is 656. The second kappa shape index (κ2) is 6.20. The quantitative estimate of drug-likeness (QED) is 0.883. The van der Waals surface area contributed by atoms with Crippen LogP contribution in [0.25, 0.3) is 0 Å². The first-order valence-corrected chi connectivity index (χ1v) is 7.38. The Morgan fingerprint density at radius 2 is 1.82 bits per heavy atom. The summed E-state index contributed by atoms with van der Waals surface area (Å²) >= 11 is 0. The fraction of sp³-hybridized carbons (Fsp3) is 0.278. The second-order valence-electron chi connectivity index (χ2n) is 5.55. The van der Waals surface area contributed by atoms with Gasteiger partial charge in [0.25, 0.3) is 0 Å². The van der Waals surface area contributed by atoms with Crippen molar-refractivity contribution in [3.05, 3.63) is 65.7 Å². The highest BCUT2D eigenvalue weighted by Crippen LogP contribution is 2.39. The van der Waals surface area contributed by atoms with Crippen molar-refractivity contribution >= 4 is 5.91 Å². The van der Waals surface area contributed by atoms with E-state index >= 15 is 0 Å². The third kappa shape index (κ3) is 2.70. The summed E-state index contributed by atoms with van der Waals surface area (Å²) < 4.78 is 5.42. The van der Waals surface area contributed by atoms with E-state index in [4.69, 9.17) is 4.74 Å². The van der Waals surface area contributed by atoms with Gasteiger partial charge in [-0.3, -0.25) is 10.0 Å². The fourth-order valence-corrected chi connectivity index (χ4v) is 3.15. The zero-order valence-corrected chi connectivity index (χ0v) is 12.5. The van der Waals surface area contributed by atoms with Crippen LogP contribution in [0.1, 0.15) is 23.5 Å². The first-order chi connectivity index (χ1) is 10.7. The topological polar surface area (TPSA) is 49.8 Å². The van der Waals surface area contributed by atoms with Gasteiger partial charge in [0.05, 0.1) is 13.2 Å². The maximum Gasteiger partial charge on any atom is 0.246 e. The molecule has 114 valence electrons. The summed E-state index contributed by atoms with van der Waals surface area (Å²) in [5, 5.41) is 11.1. The van der Waals surface area contributed by atoms with Gasteiger partial charge in [-0.15, -0.1) is 0 Å². The summed E-state index contributed by atoms with van der Waals surface area (Å²) in [6.45, 7) is 0. The van der Waals surface area contributed by atoms with Crippen LogP contribution in [0.2, 0.25) is 0 Å². The molecule has 2 aromatic carbocycles. The largest absolute Gasteiger partial charge is 0.496 e. The summed E-state index contributed by atoms with van der Waals surface area (Å²) in [6.07, 6.45) is 0.917. The smallest absolute Gasteiger partial charge is 0.246 e. The van der Waals surface area contributed by atoms with E-state index in [1.54, 1.807) is 7.11 Å². The molecule has 0 saturated carbocycles. The molecule has 1 saturated heterocycles. The molecule has 1 fully saturated rings. The van der Waals surface area contributed by atoms with Gasteiger partial charge < -0.3 is 4.74 Å². The first kappa shape index (κ1) is 14.6. The molecule has 2 atom stereocenters. The van der Waals surface area contributed by atoms with Crippen molar-refractivity contribution in [2.75, 3.05) is 7.11 Å². The van der Waals surface area contributed by atoms with E-state index in [0.717, 1.165) is 21.9 Å². The van der Waals surface area contributed by atoms with E-state index in [-0.39, 0.29) is 17.9 Å². The number of amides is 1. The number of benzene rings is 2. The van der Waals surface area contributed by atoms with E-state index in [2.05, 4.69) is 0 Å². The molecule has 22 heavy (non-hydrogen) atoms. The maximum absolute atomic E-state index is 12.0. The summed E-state index contributed by atoms with van der Waals surface area (Å²) in [5.74, 6) is 0.444. The van der Waals surface area contributed by atoms with Gasteiger partial charge in [0.15, 0.2) is 0 Å². The number of para-hydroxylation sites is 1. The molecule has 3 rings (SSSR count). The molecule has 1 N–H and O–H groups in total. The third-order valence-corrected chi connectivity index (χ3v) is 4.25. The van der Waals surface area contributed by atoms with Crippen molar-refractivity contribution < 1.29 is 14.7 Å². The van der Waals surface area contributed by atoms with Gasteiger partial charge >= 0.3 is 0 Å². The van der Waals surface area contributed by atoms with Crippen LogP contribution in [0.3, 0.4) is 0 Å². The zero-order chi connectivity index (χ0) is 15.5. The van der Waals surface area contributed by atoms with Crippen LogP contribution in [0, 0.1) is 0 Å². The molecule has 1 amide bonds. The minimum Gasteiger partial charge on any atom is -0.496 e. The minimum absolute atomic E-state index is 0.0751. The summed E-state index contributed by atoms with van der Waals surface area (Å²) in [7, 11) is 1.62. The predicted molar refractivity (Wildman–Crippen MR) is 82.9 cm³/mol. The lowest BCUT2D eigenvalue weighted by atomic mass is 9.87. The molecule has 2 aromatic rings. The minimum atomic E-state index is -0.272. The van der Waals surface area contributed by atoms with Gasteiger partial charge in [-0.05, 0) is 23.6 Å². The molecule has 4 nitrogen and oxygen atoms in total. The van der Waals surface area contributed by atoms with E-state index < -0.39 is 0 Å². The zero-order valence-electron chi connectivity index (χ0n) is 12.5. The lowest BCUT2D eigenvalue weighted by Gasteiger charge is -2.24. The number of methoxy groups -OCH3 is 1. The summed E-state index contributed by atoms with van der Waals surface area (Å²) in [4.78, 5) is 12.0. The van der Waals surface area contributed by atoms with Gasteiger partial charge in [0.1, 0.15) is 5.75 Å². The van der Waals surface area contributed by atoms with Crippen molar-refractivity contribution in [2.45, 2.75) is 24.8 Å². The normalized spacial score (nSPS) is 21.2.